The van der Waals surface area contributed by atoms with Crippen LogP contribution in [0.2, 0.25) is 0 Å². The average molecular weight is 411 g/mol. The fraction of sp³-hybridized carbons (Fsp3) is 0.182. The van der Waals surface area contributed by atoms with Crippen molar-refractivity contribution in [2.75, 3.05) is 24.6 Å². The molecule has 0 amide bonds. The summed E-state index contributed by atoms with van der Waals surface area (Å²) in [5, 5.41) is 0. The van der Waals surface area contributed by atoms with Crippen LogP contribution in [-0.2, 0) is 16.6 Å². The number of sulfonamides is 1. The maximum Gasteiger partial charge on any atom is 0.264 e. The summed E-state index contributed by atoms with van der Waals surface area (Å²) in [6.07, 6.45) is 0. The number of benzene rings is 3. The van der Waals surface area contributed by atoms with Crippen molar-refractivity contribution in [1.82, 2.24) is 0 Å². The SMILES string of the molecule is CN(c1ccc(OCc2ccccc2)cc1)S(=O)(=O)c1ccc2c(c1)OCCO2. The normalized spacial score (nSPS) is 13.0. The van der Waals surface area contributed by atoms with Gasteiger partial charge >= 0.3 is 0 Å². The maximum absolute atomic E-state index is 13.0. The Bertz CT molecular complexity index is 1080. The highest BCUT2D eigenvalue weighted by Gasteiger charge is 2.24. The van der Waals surface area contributed by atoms with Crippen LogP contribution in [0.15, 0.2) is 77.7 Å². The molecule has 1 aliphatic heterocycles. The Morgan fingerprint density at radius 1 is 0.897 bits per heavy atom. The van der Waals surface area contributed by atoms with Gasteiger partial charge in [0.1, 0.15) is 25.6 Å². The van der Waals surface area contributed by atoms with E-state index < -0.39 is 10.0 Å². The summed E-state index contributed by atoms with van der Waals surface area (Å²) in [5.41, 5.74) is 1.60. The van der Waals surface area contributed by atoms with Crippen LogP contribution >= 0.6 is 0 Å². The molecule has 4 rings (SSSR count). The van der Waals surface area contributed by atoms with Crippen molar-refractivity contribution < 1.29 is 22.6 Å². The molecular formula is C22H21NO5S. The number of hydrogen-bond acceptors (Lipinski definition) is 5. The van der Waals surface area contributed by atoms with Crippen molar-refractivity contribution in [3.05, 3.63) is 78.4 Å². The van der Waals surface area contributed by atoms with Gasteiger partial charge in [0.05, 0.1) is 10.6 Å². The van der Waals surface area contributed by atoms with Gasteiger partial charge in [-0.3, -0.25) is 4.31 Å². The van der Waals surface area contributed by atoms with E-state index in [9.17, 15) is 8.42 Å². The molecule has 6 nitrogen and oxygen atoms in total. The molecular weight excluding hydrogens is 390 g/mol. The zero-order chi connectivity index (χ0) is 20.3. The number of rotatable bonds is 6. The number of hydrogen-bond donors (Lipinski definition) is 0. The lowest BCUT2D eigenvalue weighted by molar-refractivity contribution is 0.171. The summed E-state index contributed by atoms with van der Waals surface area (Å²) < 4.78 is 44.0. The van der Waals surface area contributed by atoms with E-state index in [0.717, 1.165) is 5.56 Å². The van der Waals surface area contributed by atoms with E-state index in [4.69, 9.17) is 14.2 Å². The standard InChI is InChI=1S/C22H21NO5S/c1-23(29(24,25)20-11-12-21-22(15-20)27-14-13-26-21)18-7-9-19(10-8-18)28-16-17-5-3-2-4-6-17/h2-12,15H,13-14,16H2,1H3. The molecule has 7 heteroatoms. The van der Waals surface area contributed by atoms with Crippen LogP contribution in [0.5, 0.6) is 17.2 Å². The van der Waals surface area contributed by atoms with Gasteiger partial charge in [-0.15, -0.1) is 0 Å². The molecule has 0 fully saturated rings. The predicted molar refractivity (Wildman–Crippen MR) is 110 cm³/mol. The minimum atomic E-state index is -3.74. The van der Waals surface area contributed by atoms with Crippen molar-refractivity contribution in [1.29, 1.82) is 0 Å². The van der Waals surface area contributed by atoms with Gasteiger partial charge in [0.25, 0.3) is 10.0 Å². The molecule has 0 radical (unpaired) electrons. The Labute approximate surface area is 170 Å². The van der Waals surface area contributed by atoms with Gasteiger partial charge in [-0.1, -0.05) is 30.3 Å². The molecule has 29 heavy (non-hydrogen) atoms. The summed E-state index contributed by atoms with van der Waals surface area (Å²) in [7, 11) is -2.22. The highest BCUT2D eigenvalue weighted by atomic mass is 32.2. The minimum absolute atomic E-state index is 0.147. The highest BCUT2D eigenvalue weighted by molar-refractivity contribution is 7.92. The molecule has 3 aromatic rings. The zero-order valence-electron chi connectivity index (χ0n) is 15.9. The summed E-state index contributed by atoms with van der Waals surface area (Å²) in [6.45, 7) is 1.31. The third-order valence-electron chi connectivity index (χ3n) is 4.62. The van der Waals surface area contributed by atoms with Gasteiger partial charge in [-0.25, -0.2) is 8.42 Å². The Kier molecular flexibility index (Phi) is 5.31. The molecule has 0 unspecified atom stereocenters. The molecule has 1 heterocycles. The lowest BCUT2D eigenvalue weighted by Gasteiger charge is -2.22. The summed E-state index contributed by atoms with van der Waals surface area (Å²) in [4.78, 5) is 0.147. The van der Waals surface area contributed by atoms with Crippen LogP contribution in [0, 0.1) is 0 Å². The molecule has 0 N–H and O–H groups in total. The number of anilines is 1. The van der Waals surface area contributed by atoms with Crippen LogP contribution < -0.4 is 18.5 Å². The first-order valence-electron chi connectivity index (χ1n) is 9.19. The summed E-state index contributed by atoms with van der Waals surface area (Å²) in [6, 6.07) is 21.4. The quantitative estimate of drug-likeness (QED) is 0.616. The van der Waals surface area contributed by atoms with Gasteiger partial charge in [0.15, 0.2) is 11.5 Å². The molecule has 3 aromatic carbocycles. The van der Waals surface area contributed by atoms with Gasteiger partial charge in [0.2, 0.25) is 0 Å². The monoisotopic (exact) mass is 411 g/mol. The number of nitrogens with zero attached hydrogens (tertiary/aromatic N) is 1. The molecule has 0 saturated heterocycles. The van der Waals surface area contributed by atoms with Crippen LogP contribution in [0.3, 0.4) is 0 Å². The zero-order valence-corrected chi connectivity index (χ0v) is 16.8. The topological polar surface area (TPSA) is 65.1 Å². The van der Waals surface area contributed by atoms with E-state index >= 15 is 0 Å². The molecule has 0 spiro atoms. The first kappa shape index (κ1) is 19.1. The van der Waals surface area contributed by atoms with Crippen LogP contribution in [0.1, 0.15) is 5.56 Å². The lowest BCUT2D eigenvalue weighted by Crippen LogP contribution is -2.26. The fourth-order valence-electron chi connectivity index (χ4n) is 2.97. The predicted octanol–water partition coefficient (Wildman–Crippen LogP) is 3.86. The smallest absolute Gasteiger partial charge is 0.264 e. The second kappa shape index (κ2) is 8.05. The number of fused-ring (bicyclic) bond motifs is 1. The minimum Gasteiger partial charge on any atom is -0.489 e. The van der Waals surface area contributed by atoms with E-state index in [1.807, 2.05) is 30.3 Å². The third kappa shape index (κ3) is 4.14. The first-order chi connectivity index (χ1) is 14.0. The van der Waals surface area contributed by atoms with E-state index in [-0.39, 0.29) is 4.90 Å². The number of ether oxygens (including phenoxy) is 3. The van der Waals surface area contributed by atoms with Crippen molar-refractivity contribution in [3.8, 4) is 17.2 Å². The maximum atomic E-state index is 13.0. The van der Waals surface area contributed by atoms with Crippen molar-refractivity contribution in [2.45, 2.75) is 11.5 Å². The van der Waals surface area contributed by atoms with E-state index in [1.165, 1.54) is 23.5 Å². The van der Waals surface area contributed by atoms with Crippen LogP contribution in [-0.4, -0.2) is 28.7 Å². The molecule has 1 aliphatic rings. The Morgan fingerprint density at radius 2 is 1.59 bits per heavy atom. The Morgan fingerprint density at radius 3 is 2.31 bits per heavy atom. The molecule has 0 aliphatic carbocycles. The second-order valence-corrected chi connectivity index (χ2v) is 8.52. The van der Waals surface area contributed by atoms with Gasteiger partial charge in [0, 0.05) is 13.1 Å². The molecule has 150 valence electrons. The van der Waals surface area contributed by atoms with E-state index in [0.29, 0.717) is 42.8 Å². The van der Waals surface area contributed by atoms with Crippen LogP contribution in [0.4, 0.5) is 5.69 Å². The van der Waals surface area contributed by atoms with E-state index in [1.54, 1.807) is 30.3 Å². The molecule has 0 aromatic heterocycles. The largest absolute Gasteiger partial charge is 0.489 e. The fourth-order valence-corrected chi connectivity index (χ4v) is 4.19. The first-order valence-corrected chi connectivity index (χ1v) is 10.6. The van der Waals surface area contributed by atoms with Crippen molar-refractivity contribution in [2.24, 2.45) is 0 Å². The van der Waals surface area contributed by atoms with Crippen molar-refractivity contribution >= 4 is 15.7 Å². The summed E-state index contributed by atoms with van der Waals surface area (Å²) >= 11 is 0. The Balaban J connectivity index is 1.49. The molecule has 0 saturated carbocycles. The van der Waals surface area contributed by atoms with E-state index in [2.05, 4.69) is 0 Å². The lowest BCUT2D eigenvalue weighted by atomic mass is 10.2. The average Bonchev–Trinajstić information content (AvgIpc) is 2.78. The van der Waals surface area contributed by atoms with Gasteiger partial charge in [-0.05, 0) is 42.0 Å². The highest BCUT2D eigenvalue weighted by Crippen LogP contribution is 2.34. The summed E-state index contributed by atoms with van der Waals surface area (Å²) in [5.74, 6) is 1.66. The molecule has 0 atom stereocenters. The molecule has 0 bridgehead atoms. The second-order valence-electron chi connectivity index (χ2n) is 6.55. The Hall–Kier alpha value is -3.19. The van der Waals surface area contributed by atoms with Crippen molar-refractivity contribution in [3.63, 3.8) is 0 Å². The third-order valence-corrected chi connectivity index (χ3v) is 6.40. The van der Waals surface area contributed by atoms with Gasteiger partial charge in [-0.2, -0.15) is 0 Å². The van der Waals surface area contributed by atoms with Gasteiger partial charge < -0.3 is 14.2 Å². The van der Waals surface area contributed by atoms with Crippen LogP contribution in [0.25, 0.3) is 0 Å².